The van der Waals surface area contributed by atoms with Gasteiger partial charge in [0.15, 0.2) is 0 Å². The monoisotopic (exact) mass is 317 g/mol. The van der Waals surface area contributed by atoms with Crippen LogP contribution in [0.2, 0.25) is 5.02 Å². The van der Waals surface area contributed by atoms with Gasteiger partial charge in [0.05, 0.1) is 12.8 Å². The molecule has 2 rings (SSSR count). The first kappa shape index (κ1) is 16.0. The second-order valence-corrected chi connectivity index (χ2v) is 5.13. The molecule has 1 N–H and O–H groups in total. The van der Waals surface area contributed by atoms with Crippen molar-refractivity contribution in [1.82, 2.24) is 5.32 Å². The minimum atomic E-state index is -0.401. The van der Waals surface area contributed by atoms with Crippen LogP contribution in [0.15, 0.2) is 54.6 Å². The van der Waals surface area contributed by atoms with Gasteiger partial charge in [-0.15, -0.1) is 0 Å². The molecule has 0 unspecified atom stereocenters. The number of rotatable bonds is 6. The quantitative estimate of drug-likeness (QED) is 0.658. The van der Waals surface area contributed by atoms with Crippen molar-refractivity contribution < 1.29 is 14.3 Å². The van der Waals surface area contributed by atoms with E-state index in [0.29, 0.717) is 17.2 Å². The van der Waals surface area contributed by atoms with Crippen LogP contribution in [-0.2, 0) is 16.0 Å². The van der Waals surface area contributed by atoms with Gasteiger partial charge in [-0.05, 0) is 29.8 Å². The summed E-state index contributed by atoms with van der Waals surface area (Å²) in [4.78, 5) is 23.3. The summed E-state index contributed by atoms with van der Waals surface area (Å²) in [7, 11) is 0. The van der Waals surface area contributed by atoms with Gasteiger partial charge in [-0.1, -0.05) is 41.9 Å². The van der Waals surface area contributed by atoms with Crippen molar-refractivity contribution >= 4 is 23.5 Å². The maximum Gasteiger partial charge on any atom is 0.312 e. The molecular formula is C17H16ClNO3. The molecule has 0 aliphatic carbocycles. The third-order valence-electron chi connectivity index (χ3n) is 2.90. The number of esters is 1. The van der Waals surface area contributed by atoms with E-state index in [0.717, 1.165) is 5.56 Å². The summed E-state index contributed by atoms with van der Waals surface area (Å²) in [6.45, 7) is 0.248. The van der Waals surface area contributed by atoms with E-state index in [4.69, 9.17) is 16.3 Å². The molecule has 1 amide bonds. The first-order chi connectivity index (χ1) is 10.6. The number of carbonyl (C=O) groups excluding carboxylic acids is 2. The zero-order valence-corrected chi connectivity index (χ0v) is 12.7. The lowest BCUT2D eigenvalue weighted by atomic mass is 10.1. The highest BCUT2D eigenvalue weighted by Gasteiger charge is 2.07. The fourth-order valence-electron chi connectivity index (χ4n) is 1.83. The summed E-state index contributed by atoms with van der Waals surface area (Å²) in [5.74, 6) is -0.0853. The average molecular weight is 318 g/mol. The van der Waals surface area contributed by atoms with E-state index in [-0.39, 0.29) is 18.9 Å². The number of benzene rings is 2. The van der Waals surface area contributed by atoms with E-state index >= 15 is 0 Å². The molecule has 0 saturated carbocycles. The molecule has 0 aliphatic rings. The zero-order valence-electron chi connectivity index (χ0n) is 11.9. The number of hydrogen-bond donors (Lipinski definition) is 1. The first-order valence-electron chi connectivity index (χ1n) is 6.90. The molecule has 0 saturated heterocycles. The highest BCUT2D eigenvalue weighted by molar-refractivity contribution is 6.30. The lowest BCUT2D eigenvalue weighted by Gasteiger charge is -2.06. The fourth-order valence-corrected chi connectivity index (χ4v) is 1.96. The second-order valence-electron chi connectivity index (χ2n) is 4.69. The molecule has 114 valence electrons. The van der Waals surface area contributed by atoms with Gasteiger partial charge in [0.2, 0.25) is 5.91 Å². The SMILES string of the molecule is O=C(Cc1ccccc1)NCCC(=O)Oc1ccc(Cl)cc1. The summed E-state index contributed by atoms with van der Waals surface area (Å²) in [5, 5.41) is 3.27. The van der Waals surface area contributed by atoms with Crippen LogP contribution in [0.4, 0.5) is 0 Å². The van der Waals surface area contributed by atoms with Gasteiger partial charge < -0.3 is 10.1 Å². The Morgan fingerprint density at radius 3 is 2.36 bits per heavy atom. The Morgan fingerprint density at radius 1 is 1.00 bits per heavy atom. The number of nitrogens with one attached hydrogen (secondary N) is 1. The number of carbonyl (C=O) groups is 2. The summed E-state index contributed by atoms with van der Waals surface area (Å²) in [6, 6.07) is 16.0. The van der Waals surface area contributed by atoms with Crippen molar-refractivity contribution in [3.63, 3.8) is 0 Å². The minimum absolute atomic E-state index is 0.114. The van der Waals surface area contributed by atoms with Crippen molar-refractivity contribution in [2.45, 2.75) is 12.8 Å². The van der Waals surface area contributed by atoms with Crippen molar-refractivity contribution in [2.24, 2.45) is 0 Å². The Labute approximate surface area is 134 Å². The van der Waals surface area contributed by atoms with E-state index in [1.54, 1.807) is 24.3 Å². The molecule has 0 radical (unpaired) electrons. The van der Waals surface area contributed by atoms with Gasteiger partial charge >= 0.3 is 5.97 Å². The van der Waals surface area contributed by atoms with Crippen molar-refractivity contribution in [3.05, 3.63) is 65.2 Å². The maximum absolute atomic E-state index is 11.7. The lowest BCUT2D eigenvalue weighted by molar-refractivity contribution is -0.134. The van der Waals surface area contributed by atoms with Crippen LogP contribution in [0.25, 0.3) is 0 Å². The molecule has 2 aromatic rings. The molecule has 22 heavy (non-hydrogen) atoms. The minimum Gasteiger partial charge on any atom is -0.426 e. The molecule has 0 fully saturated rings. The number of hydrogen-bond acceptors (Lipinski definition) is 3. The fraction of sp³-hybridized carbons (Fsp3) is 0.176. The lowest BCUT2D eigenvalue weighted by Crippen LogP contribution is -2.28. The largest absolute Gasteiger partial charge is 0.426 e. The highest BCUT2D eigenvalue weighted by atomic mass is 35.5. The van der Waals surface area contributed by atoms with Crippen molar-refractivity contribution in [2.75, 3.05) is 6.54 Å². The molecule has 0 atom stereocenters. The van der Waals surface area contributed by atoms with Gasteiger partial charge in [-0.2, -0.15) is 0 Å². The van der Waals surface area contributed by atoms with Crippen LogP contribution < -0.4 is 10.1 Å². The van der Waals surface area contributed by atoms with Crippen molar-refractivity contribution in [3.8, 4) is 5.75 Å². The molecule has 0 spiro atoms. The molecule has 0 bridgehead atoms. The van der Waals surface area contributed by atoms with Crippen LogP contribution >= 0.6 is 11.6 Å². The van der Waals surface area contributed by atoms with Crippen LogP contribution in [0, 0.1) is 0 Å². The molecule has 0 heterocycles. The van der Waals surface area contributed by atoms with Gasteiger partial charge in [-0.25, -0.2) is 0 Å². The summed E-state index contributed by atoms with van der Waals surface area (Å²) in [6.07, 6.45) is 0.413. The predicted octanol–water partition coefficient (Wildman–Crippen LogP) is 2.99. The molecule has 0 aliphatic heterocycles. The maximum atomic E-state index is 11.7. The Balaban J connectivity index is 1.68. The highest BCUT2D eigenvalue weighted by Crippen LogP contribution is 2.15. The third-order valence-corrected chi connectivity index (χ3v) is 3.16. The Morgan fingerprint density at radius 2 is 1.68 bits per heavy atom. The van der Waals surface area contributed by atoms with Gasteiger partial charge in [-0.3, -0.25) is 9.59 Å². The van der Waals surface area contributed by atoms with E-state index in [1.807, 2.05) is 30.3 Å². The molecule has 4 nitrogen and oxygen atoms in total. The summed E-state index contributed by atoms with van der Waals surface area (Å²) < 4.78 is 5.12. The summed E-state index contributed by atoms with van der Waals surface area (Å²) >= 11 is 5.75. The Kier molecular flexibility index (Phi) is 5.98. The number of amides is 1. The second kappa shape index (κ2) is 8.20. The van der Waals surface area contributed by atoms with Gasteiger partial charge in [0, 0.05) is 11.6 Å². The van der Waals surface area contributed by atoms with Crippen LogP contribution in [0.3, 0.4) is 0 Å². The topological polar surface area (TPSA) is 55.4 Å². The summed E-state index contributed by atoms with van der Waals surface area (Å²) in [5.41, 5.74) is 0.934. The van der Waals surface area contributed by atoms with E-state index in [9.17, 15) is 9.59 Å². The van der Waals surface area contributed by atoms with E-state index in [1.165, 1.54) is 0 Å². The van der Waals surface area contributed by atoms with Crippen molar-refractivity contribution in [1.29, 1.82) is 0 Å². The Bertz CT molecular complexity index is 626. The van der Waals surface area contributed by atoms with Crippen LogP contribution in [0.1, 0.15) is 12.0 Å². The zero-order chi connectivity index (χ0) is 15.8. The van der Waals surface area contributed by atoms with Gasteiger partial charge in [0.1, 0.15) is 5.75 Å². The number of ether oxygens (including phenoxy) is 1. The van der Waals surface area contributed by atoms with Gasteiger partial charge in [0.25, 0.3) is 0 Å². The molecular weight excluding hydrogens is 302 g/mol. The predicted molar refractivity (Wildman–Crippen MR) is 84.9 cm³/mol. The number of halogens is 1. The van der Waals surface area contributed by atoms with Crippen LogP contribution in [-0.4, -0.2) is 18.4 Å². The molecule has 0 aromatic heterocycles. The van der Waals surface area contributed by atoms with E-state index in [2.05, 4.69) is 5.32 Å². The van der Waals surface area contributed by atoms with E-state index < -0.39 is 5.97 Å². The van der Waals surface area contributed by atoms with Crippen LogP contribution in [0.5, 0.6) is 5.75 Å². The first-order valence-corrected chi connectivity index (χ1v) is 7.28. The Hall–Kier alpha value is -2.33. The molecule has 2 aromatic carbocycles. The average Bonchev–Trinajstić information content (AvgIpc) is 2.50. The third kappa shape index (κ3) is 5.58. The smallest absolute Gasteiger partial charge is 0.312 e. The molecule has 5 heteroatoms. The normalized spacial score (nSPS) is 10.0. The standard InChI is InChI=1S/C17H16ClNO3/c18-14-6-8-15(9-7-14)22-17(21)10-11-19-16(20)12-13-4-2-1-3-5-13/h1-9H,10-12H2,(H,19,20).